The van der Waals surface area contributed by atoms with Crippen molar-refractivity contribution in [1.29, 1.82) is 0 Å². The van der Waals surface area contributed by atoms with Gasteiger partial charge >= 0.3 is 0 Å². The highest BCUT2D eigenvalue weighted by atomic mass is 32.3. The van der Waals surface area contributed by atoms with Gasteiger partial charge in [-0.1, -0.05) is 18.2 Å². The van der Waals surface area contributed by atoms with Crippen LogP contribution < -0.4 is 0 Å². The van der Waals surface area contributed by atoms with Crippen LogP contribution >= 0.6 is 0 Å². The highest BCUT2D eigenvalue weighted by Crippen LogP contribution is 2.30. The molecule has 5 nitrogen and oxygen atoms in total. The van der Waals surface area contributed by atoms with E-state index in [0.717, 1.165) is 5.56 Å². The summed E-state index contributed by atoms with van der Waals surface area (Å²) in [7, 11) is -6.93. The van der Waals surface area contributed by atoms with Gasteiger partial charge in [0.1, 0.15) is 16.4 Å². The average molecular weight is 325 g/mol. The number of sulfonamides is 1. The third-order valence-electron chi connectivity index (χ3n) is 3.46. The molecule has 0 bridgehead atoms. The van der Waals surface area contributed by atoms with Crippen LogP contribution in [0.3, 0.4) is 0 Å². The molecule has 0 radical (unpaired) electrons. The van der Waals surface area contributed by atoms with E-state index in [4.69, 9.17) is 4.42 Å². The Kier molecular flexibility index (Phi) is 3.22. The molecule has 0 fully saturated rings. The number of benzene rings is 1. The normalized spacial score (nSPS) is 21.2. The topological polar surface area (TPSA) is 76.7 Å². The Labute approximate surface area is 124 Å². The van der Waals surface area contributed by atoms with E-state index >= 15 is 0 Å². The Hall–Kier alpha value is -1.60. The van der Waals surface area contributed by atoms with E-state index in [2.05, 4.69) is 3.77 Å². The van der Waals surface area contributed by atoms with Crippen LogP contribution in [0.25, 0.3) is 0 Å². The fourth-order valence-electron chi connectivity index (χ4n) is 2.52. The van der Waals surface area contributed by atoms with Crippen molar-refractivity contribution < 1.29 is 17.0 Å². The van der Waals surface area contributed by atoms with Crippen molar-refractivity contribution in [2.45, 2.75) is 30.1 Å². The Balaban J connectivity index is 2.19. The Bertz CT molecular complexity index is 932. The minimum absolute atomic E-state index is 0.00731. The van der Waals surface area contributed by atoms with Crippen molar-refractivity contribution in [3.63, 3.8) is 0 Å². The summed E-state index contributed by atoms with van der Waals surface area (Å²) >= 11 is 0. The van der Waals surface area contributed by atoms with Gasteiger partial charge in [-0.15, -0.1) is 3.77 Å². The lowest BCUT2D eigenvalue weighted by Crippen LogP contribution is -2.06. The molecule has 2 heterocycles. The van der Waals surface area contributed by atoms with Crippen LogP contribution in [-0.4, -0.2) is 18.4 Å². The van der Waals surface area contributed by atoms with Gasteiger partial charge < -0.3 is 4.42 Å². The summed E-state index contributed by atoms with van der Waals surface area (Å²) in [4.78, 5) is 0.526. The number of furan rings is 1. The van der Waals surface area contributed by atoms with Crippen molar-refractivity contribution in [3.8, 4) is 0 Å². The summed E-state index contributed by atoms with van der Waals surface area (Å²) in [5.41, 5.74) is 0.904. The second-order valence-electron chi connectivity index (χ2n) is 5.03. The minimum atomic E-state index is -4.00. The monoisotopic (exact) mass is 325 g/mol. The lowest BCUT2D eigenvalue weighted by molar-refractivity contribution is 0.496. The van der Waals surface area contributed by atoms with E-state index in [9.17, 15) is 12.6 Å². The number of rotatable bonds is 2. The number of nitrogens with zero attached hydrogens (tertiary/aromatic N) is 1. The van der Waals surface area contributed by atoms with Crippen molar-refractivity contribution in [1.82, 2.24) is 0 Å². The molecule has 0 saturated heterocycles. The predicted molar refractivity (Wildman–Crippen MR) is 79.2 cm³/mol. The second kappa shape index (κ2) is 4.71. The molecule has 21 heavy (non-hydrogen) atoms. The molecule has 3 rings (SSSR count). The second-order valence-corrected chi connectivity index (χ2v) is 9.14. The first-order chi connectivity index (χ1) is 9.82. The van der Waals surface area contributed by atoms with Crippen molar-refractivity contribution >= 4 is 19.8 Å². The van der Waals surface area contributed by atoms with Gasteiger partial charge in [0.15, 0.2) is 0 Å². The lowest BCUT2D eigenvalue weighted by atomic mass is 10.2. The maximum atomic E-state index is 12.9. The first-order valence-electron chi connectivity index (χ1n) is 6.48. The number of hydrogen-bond acceptors (Lipinski definition) is 4. The zero-order valence-corrected chi connectivity index (χ0v) is 13.3. The third-order valence-corrected chi connectivity index (χ3v) is 8.01. The van der Waals surface area contributed by atoms with E-state index in [0.29, 0.717) is 17.1 Å². The molecule has 7 heteroatoms. The van der Waals surface area contributed by atoms with E-state index in [-0.39, 0.29) is 16.4 Å². The van der Waals surface area contributed by atoms with Crippen LogP contribution in [0.1, 0.15) is 17.1 Å². The largest absolute Gasteiger partial charge is 0.465 e. The van der Waals surface area contributed by atoms with Gasteiger partial charge in [-0.05, 0) is 31.9 Å². The number of aryl methyl sites for hydroxylation is 3. The van der Waals surface area contributed by atoms with Crippen molar-refractivity contribution in [2.24, 2.45) is 3.77 Å². The van der Waals surface area contributed by atoms with E-state index in [1.807, 2.05) is 12.1 Å². The minimum Gasteiger partial charge on any atom is -0.465 e. The average Bonchev–Trinajstić information content (AvgIpc) is 2.91. The summed E-state index contributed by atoms with van der Waals surface area (Å²) in [6, 6.07) is 8.56. The molecular formula is C14H15NO4S2. The zero-order chi connectivity index (χ0) is 15.3. The molecule has 0 N–H and O–H groups in total. The van der Waals surface area contributed by atoms with Gasteiger partial charge in [0.25, 0.3) is 10.0 Å². The van der Waals surface area contributed by atoms with Gasteiger partial charge in [0, 0.05) is 11.8 Å². The maximum Gasteiger partial charge on any atom is 0.293 e. The van der Waals surface area contributed by atoms with Gasteiger partial charge in [0.05, 0.1) is 14.6 Å². The molecular weight excluding hydrogens is 310 g/mol. The number of hydrogen-bond donors (Lipinski definition) is 0. The van der Waals surface area contributed by atoms with Gasteiger partial charge in [-0.25, -0.2) is 4.21 Å². The third kappa shape index (κ3) is 2.40. The molecule has 0 amide bonds. The zero-order valence-electron chi connectivity index (χ0n) is 11.7. The number of fused-ring (bicyclic) bond motifs is 1. The van der Waals surface area contributed by atoms with Gasteiger partial charge in [-0.3, -0.25) is 0 Å². The first kappa shape index (κ1) is 14.3. The van der Waals surface area contributed by atoms with Crippen molar-refractivity contribution in [2.75, 3.05) is 5.75 Å². The fourth-order valence-corrected chi connectivity index (χ4v) is 7.04. The predicted octanol–water partition coefficient (Wildman–Crippen LogP) is 2.67. The summed E-state index contributed by atoms with van der Waals surface area (Å²) in [5, 5.41) is 0. The molecule has 112 valence electrons. The fraction of sp³-hybridized carbons (Fsp3) is 0.286. The quantitative estimate of drug-likeness (QED) is 0.850. The van der Waals surface area contributed by atoms with Gasteiger partial charge in [0.2, 0.25) is 0 Å². The van der Waals surface area contributed by atoms with Gasteiger partial charge in [-0.2, -0.15) is 8.42 Å². The van der Waals surface area contributed by atoms with E-state index in [1.54, 1.807) is 26.0 Å². The molecule has 1 aliphatic heterocycles. The SMILES string of the molecule is Cc1cc(S(=O)(=O)N=S2(=O)CCc3ccccc32)c(C)o1. The molecule has 2 aromatic rings. The van der Waals surface area contributed by atoms with Crippen molar-refractivity contribution in [3.05, 3.63) is 47.4 Å². The van der Waals surface area contributed by atoms with Crippen LogP contribution in [0.5, 0.6) is 0 Å². The van der Waals surface area contributed by atoms with Crippen LogP contribution in [0.4, 0.5) is 0 Å². The molecule has 1 aliphatic rings. The molecule has 0 aliphatic carbocycles. The standard InChI is InChI=1S/C14H15NO4S2/c1-10-9-14(11(2)19-10)21(17,18)15-20(16)8-7-12-5-3-4-6-13(12)20/h3-6,9H,7-8H2,1-2H3. The summed E-state index contributed by atoms with van der Waals surface area (Å²) in [5.74, 6) is 0.996. The molecule has 0 spiro atoms. The Morgan fingerprint density at radius 1 is 1.24 bits per heavy atom. The summed E-state index contributed by atoms with van der Waals surface area (Å²) in [6.45, 7) is 3.22. The van der Waals surface area contributed by atoms with Crippen LogP contribution in [0, 0.1) is 13.8 Å². The Morgan fingerprint density at radius 2 is 1.95 bits per heavy atom. The lowest BCUT2D eigenvalue weighted by Gasteiger charge is -2.03. The first-order valence-corrected chi connectivity index (χ1v) is 9.60. The molecule has 1 atom stereocenters. The highest BCUT2D eigenvalue weighted by molar-refractivity contribution is 8.03. The molecule has 1 aromatic carbocycles. The van der Waals surface area contributed by atoms with Crippen LogP contribution in [0.15, 0.2) is 48.3 Å². The maximum absolute atomic E-state index is 12.9. The highest BCUT2D eigenvalue weighted by Gasteiger charge is 2.29. The molecule has 0 saturated carbocycles. The Morgan fingerprint density at radius 3 is 2.62 bits per heavy atom. The van der Waals surface area contributed by atoms with E-state index < -0.39 is 19.8 Å². The molecule has 1 aromatic heterocycles. The van der Waals surface area contributed by atoms with Crippen LogP contribution in [0.2, 0.25) is 0 Å². The summed E-state index contributed by atoms with van der Waals surface area (Å²) in [6.07, 6.45) is 0.581. The van der Waals surface area contributed by atoms with Crippen LogP contribution in [-0.2, 0) is 26.2 Å². The molecule has 1 unspecified atom stereocenters. The smallest absolute Gasteiger partial charge is 0.293 e. The van der Waals surface area contributed by atoms with E-state index in [1.165, 1.54) is 6.07 Å². The summed E-state index contributed by atoms with van der Waals surface area (Å²) < 4.78 is 46.8.